The molecule has 0 aromatic heterocycles. The fourth-order valence-corrected chi connectivity index (χ4v) is 6.31. The molecule has 1 aromatic carbocycles. The summed E-state index contributed by atoms with van der Waals surface area (Å²) in [6.45, 7) is 0. The molecule has 5 heteroatoms. The number of hydrogen-bond donors (Lipinski definition) is 1. The Bertz CT molecular complexity index is 646. The summed E-state index contributed by atoms with van der Waals surface area (Å²) in [5, 5.41) is 3.65. The molecule has 0 aliphatic heterocycles. The standard InChI is InChI=1S/C18H21Cl2NO2/c1-23-15-3-2-13(19)5-14(15)21-16(22)17-6-11-4-12(7-17)9-18(20,8-11)10-17/h2-3,5,11-12H,4,6-10H2,1H3,(H,21,22)/t11-,12+,17?,18?. The molecule has 4 bridgehead atoms. The molecule has 0 saturated heterocycles. The number of amides is 1. The Labute approximate surface area is 146 Å². The van der Waals surface area contributed by atoms with Crippen molar-refractivity contribution in [1.82, 2.24) is 0 Å². The summed E-state index contributed by atoms with van der Waals surface area (Å²) in [6.07, 6.45) is 6.10. The van der Waals surface area contributed by atoms with Crippen LogP contribution in [-0.4, -0.2) is 17.9 Å². The van der Waals surface area contributed by atoms with Gasteiger partial charge in [0.2, 0.25) is 5.91 Å². The Balaban J connectivity index is 1.61. The van der Waals surface area contributed by atoms with E-state index in [9.17, 15) is 4.79 Å². The number of carbonyl (C=O) groups is 1. The number of methoxy groups -OCH3 is 1. The third-order valence-electron chi connectivity index (χ3n) is 5.88. The van der Waals surface area contributed by atoms with E-state index in [-0.39, 0.29) is 16.2 Å². The highest BCUT2D eigenvalue weighted by molar-refractivity contribution is 6.31. The third kappa shape index (κ3) is 2.62. The Kier molecular flexibility index (Phi) is 3.58. The van der Waals surface area contributed by atoms with Crippen molar-refractivity contribution in [3.63, 3.8) is 0 Å². The molecule has 1 aromatic rings. The van der Waals surface area contributed by atoms with Gasteiger partial charge in [0.1, 0.15) is 5.75 Å². The van der Waals surface area contributed by atoms with Crippen molar-refractivity contribution in [1.29, 1.82) is 0 Å². The Morgan fingerprint density at radius 2 is 1.96 bits per heavy atom. The van der Waals surface area contributed by atoms with Crippen LogP contribution in [0.3, 0.4) is 0 Å². The van der Waals surface area contributed by atoms with E-state index in [1.165, 1.54) is 6.42 Å². The number of rotatable bonds is 3. The van der Waals surface area contributed by atoms with Crippen molar-refractivity contribution in [3.05, 3.63) is 23.2 Å². The maximum absolute atomic E-state index is 13.1. The quantitative estimate of drug-likeness (QED) is 0.787. The van der Waals surface area contributed by atoms with Crippen LogP contribution in [0.2, 0.25) is 5.02 Å². The fraction of sp³-hybridized carbons (Fsp3) is 0.611. The van der Waals surface area contributed by atoms with Crippen LogP contribution in [0.25, 0.3) is 0 Å². The van der Waals surface area contributed by atoms with Gasteiger partial charge in [-0.3, -0.25) is 4.79 Å². The van der Waals surface area contributed by atoms with Crippen LogP contribution in [0.15, 0.2) is 18.2 Å². The summed E-state index contributed by atoms with van der Waals surface area (Å²) in [4.78, 5) is 13.0. The second-order valence-electron chi connectivity index (χ2n) is 7.69. The van der Waals surface area contributed by atoms with Gasteiger partial charge in [0.15, 0.2) is 0 Å². The van der Waals surface area contributed by atoms with Crippen LogP contribution in [-0.2, 0) is 4.79 Å². The molecule has 4 aliphatic carbocycles. The van der Waals surface area contributed by atoms with Gasteiger partial charge in [-0.15, -0.1) is 11.6 Å². The van der Waals surface area contributed by atoms with Crippen LogP contribution in [0.1, 0.15) is 38.5 Å². The van der Waals surface area contributed by atoms with Crippen molar-refractivity contribution in [2.45, 2.75) is 43.4 Å². The molecule has 23 heavy (non-hydrogen) atoms. The highest BCUT2D eigenvalue weighted by atomic mass is 35.5. The van der Waals surface area contributed by atoms with Crippen molar-refractivity contribution < 1.29 is 9.53 Å². The van der Waals surface area contributed by atoms with Crippen LogP contribution in [0.4, 0.5) is 5.69 Å². The molecule has 4 aliphatic rings. The zero-order valence-corrected chi connectivity index (χ0v) is 14.7. The highest BCUT2D eigenvalue weighted by Gasteiger charge is 2.60. The highest BCUT2D eigenvalue weighted by Crippen LogP contribution is 2.64. The van der Waals surface area contributed by atoms with Crippen molar-refractivity contribution in [2.24, 2.45) is 17.3 Å². The largest absolute Gasteiger partial charge is 0.495 e. The van der Waals surface area contributed by atoms with Gasteiger partial charge in [0.25, 0.3) is 0 Å². The average Bonchev–Trinajstić information content (AvgIpc) is 2.45. The SMILES string of the molecule is COc1ccc(Cl)cc1NC(=O)C12C[C@@H]3C[C@@H](CC(Cl)(C3)C1)C2. The lowest BCUT2D eigenvalue weighted by Gasteiger charge is -2.59. The molecule has 2 unspecified atom stereocenters. The van der Waals surface area contributed by atoms with E-state index in [0.717, 1.165) is 32.1 Å². The summed E-state index contributed by atoms with van der Waals surface area (Å²) >= 11 is 12.9. The Hall–Kier alpha value is -0.930. The lowest BCUT2D eigenvalue weighted by Crippen LogP contribution is -2.57. The fourth-order valence-electron chi connectivity index (χ4n) is 5.45. The molecule has 0 heterocycles. The molecule has 124 valence electrons. The minimum absolute atomic E-state index is 0.0807. The van der Waals surface area contributed by atoms with E-state index in [1.54, 1.807) is 25.3 Å². The number of benzene rings is 1. The first kappa shape index (κ1) is 15.6. The molecule has 4 fully saturated rings. The van der Waals surface area contributed by atoms with E-state index in [0.29, 0.717) is 28.3 Å². The Morgan fingerprint density at radius 3 is 2.57 bits per heavy atom. The first-order valence-electron chi connectivity index (χ1n) is 8.25. The van der Waals surface area contributed by atoms with Crippen molar-refractivity contribution >= 4 is 34.8 Å². The van der Waals surface area contributed by atoms with Crippen LogP contribution in [0.5, 0.6) is 5.75 Å². The number of hydrogen-bond acceptors (Lipinski definition) is 2. The summed E-state index contributed by atoms with van der Waals surface area (Å²) in [6, 6.07) is 5.28. The van der Waals surface area contributed by atoms with E-state index < -0.39 is 0 Å². The number of ether oxygens (including phenoxy) is 1. The number of anilines is 1. The summed E-state index contributed by atoms with van der Waals surface area (Å²) < 4.78 is 5.34. The predicted molar refractivity (Wildman–Crippen MR) is 92.3 cm³/mol. The first-order chi connectivity index (χ1) is 10.9. The molecule has 3 nitrogen and oxygen atoms in total. The zero-order chi connectivity index (χ0) is 16.2. The van der Waals surface area contributed by atoms with Gasteiger partial charge in [-0.1, -0.05) is 11.6 Å². The minimum Gasteiger partial charge on any atom is -0.495 e. The van der Waals surface area contributed by atoms with E-state index in [4.69, 9.17) is 27.9 Å². The normalized spacial score (nSPS) is 37.7. The summed E-state index contributed by atoms with van der Waals surface area (Å²) in [5.41, 5.74) is 0.323. The molecule has 0 radical (unpaired) electrons. The van der Waals surface area contributed by atoms with E-state index in [1.807, 2.05) is 0 Å². The monoisotopic (exact) mass is 353 g/mol. The van der Waals surface area contributed by atoms with Crippen LogP contribution < -0.4 is 10.1 Å². The number of halogens is 2. The van der Waals surface area contributed by atoms with Gasteiger partial charge < -0.3 is 10.1 Å². The van der Waals surface area contributed by atoms with Crippen LogP contribution in [0, 0.1) is 17.3 Å². The maximum Gasteiger partial charge on any atom is 0.230 e. The maximum atomic E-state index is 13.1. The molecule has 4 saturated carbocycles. The summed E-state index contributed by atoms with van der Waals surface area (Å²) in [5.74, 6) is 1.91. The topological polar surface area (TPSA) is 38.3 Å². The molecular weight excluding hydrogens is 333 g/mol. The van der Waals surface area contributed by atoms with Gasteiger partial charge >= 0.3 is 0 Å². The molecule has 4 atom stereocenters. The Morgan fingerprint density at radius 1 is 1.26 bits per heavy atom. The second kappa shape index (κ2) is 5.29. The van der Waals surface area contributed by atoms with E-state index in [2.05, 4.69) is 5.32 Å². The second-order valence-corrected chi connectivity index (χ2v) is 8.93. The molecule has 1 N–H and O–H groups in total. The van der Waals surface area contributed by atoms with Crippen molar-refractivity contribution in [3.8, 4) is 5.75 Å². The minimum atomic E-state index is -0.320. The molecular formula is C18H21Cl2NO2. The van der Waals surface area contributed by atoms with Crippen LogP contribution >= 0.6 is 23.2 Å². The number of carbonyl (C=O) groups excluding carboxylic acids is 1. The van der Waals surface area contributed by atoms with Gasteiger partial charge in [-0.05, 0) is 68.6 Å². The lowest BCUT2D eigenvalue weighted by molar-refractivity contribution is -0.138. The predicted octanol–water partition coefficient (Wildman–Crippen LogP) is 4.86. The zero-order valence-electron chi connectivity index (χ0n) is 13.2. The van der Waals surface area contributed by atoms with Gasteiger partial charge in [-0.25, -0.2) is 0 Å². The third-order valence-corrected chi connectivity index (χ3v) is 6.56. The smallest absolute Gasteiger partial charge is 0.230 e. The average molecular weight is 354 g/mol. The van der Waals surface area contributed by atoms with Gasteiger partial charge in [-0.2, -0.15) is 0 Å². The number of nitrogens with one attached hydrogen (secondary N) is 1. The van der Waals surface area contributed by atoms with Crippen molar-refractivity contribution in [2.75, 3.05) is 12.4 Å². The number of alkyl halides is 1. The summed E-state index contributed by atoms with van der Waals surface area (Å²) in [7, 11) is 1.59. The van der Waals surface area contributed by atoms with Gasteiger partial charge in [0.05, 0.1) is 18.2 Å². The van der Waals surface area contributed by atoms with Gasteiger partial charge in [0, 0.05) is 9.90 Å². The molecule has 0 spiro atoms. The molecule has 1 amide bonds. The molecule has 5 rings (SSSR count). The lowest BCUT2D eigenvalue weighted by atomic mass is 9.49. The van der Waals surface area contributed by atoms with E-state index >= 15 is 0 Å². The first-order valence-corrected chi connectivity index (χ1v) is 9.01.